The quantitative estimate of drug-likeness (QED) is 0.498. The number of benzene rings is 2. The van der Waals surface area contributed by atoms with Crippen LogP contribution in [0.15, 0.2) is 59.1 Å². The maximum absolute atomic E-state index is 13.7. The molecule has 156 valence electrons. The summed E-state index contributed by atoms with van der Waals surface area (Å²) in [5.74, 6) is -0.203. The number of aromatic nitrogens is 3. The summed E-state index contributed by atoms with van der Waals surface area (Å²) in [6, 6.07) is 13.9. The van der Waals surface area contributed by atoms with Crippen LogP contribution in [0.5, 0.6) is 0 Å². The van der Waals surface area contributed by atoms with Gasteiger partial charge in [0, 0.05) is 31.1 Å². The lowest BCUT2D eigenvalue weighted by atomic mass is 10.0. The van der Waals surface area contributed by atoms with Gasteiger partial charge in [-0.05, 0) is 48.0 Å². The smallest absolute Gasteiger partial charge is 0.274 e. The van der Waals surface area contributed by atoms with E-state index in [9.17, 15) is 13.6 Å². The standard InChI is InChI=1S/C23H18F2N4O2/c1-28-20(14-5-7-16(24)8-6-14)12-19(26-28)23(30)29-10-9-21-18(13-29)22(27-31-21)15-3-2-4-17(25)11-15/h2-8,11-12H,9-10,13H2,1H3. The zero-order chi connectivity index (χ0) is 21.5. The Balaban J connectivity index is 1.42. The molecule has 0 saturated heterocycles. The number of hydrogen-bond acceptors (Lipinski definition) is 4. The van der Waals surface area contributed by atoms with Crippen molar-refractivity contribution in [3.63, 3.8) is 0 Å². The summed E-state index contributed by atoms with van der Waals surface area (Å²) < 4.78 is 33.9. The highest BCUT2D eigenvalue weighted by Crippen LogP contribution is 2.31. The zero-order valence-electron chi connectivity index (χ0n) is 16.7. The second-order valence-corrected chi connectivity index (χ2v) is 7.47. The number of nitrogens with zero attached hydrogens (tertiary/aromatic N) is 4. The molecule has 1 aliphatic rings. The molecule has 3 heterocycles. The van der Waals surface area contributed by atoms with E-state index in [2.05, 4.69) is 10.3 Å². The van der Waals surface area contributed by atoms with Crippen LogP contribution in [0.1, 0.15) is 21.8 Å². The number of amides is 1. The lowest BCUT2D eigenvalue weighted by Crippen LogP contribution is -2.36. The molecule has 2 aromatic carbocycles. The molecule has 0 aliphatic carbocycles. The summed E-state index contributed by atoms with van der Waals surface area (Å²) in [5.41, 5.74) is 3.71. The van der Waals surface area contributed by atoms with Gasteiger partial charge in [0.2, 0.25) is 0 Å². The van der Waals surface area contributed by atoms with Crippen LogP contribution in [0.3, 0.4) is 0 Å². The predicted molar refractivity (Wildman–Crippen MR) is 109 cm³/mol. The normalized spacial score (nSPS) is 13.3. The number of carbonyl (C=O) groups excluding carboxylic acids is 1. The van der Waals surface area contributed by atoms with E-state index >= 15 is 0 Å². The van der Waals surface area contributed by atoms with Gasteiger partial charge >= 0.3 is 0 Å². The predicted octanol–water partition coefficient (Wildman–Crippen LogP) is 4.22. The van der Waals surface area contributed by atoms with Crippen LogP contribution in [0.2, 0.25) is 0 Å². The number of carbonyl (C=O) groups is 1. The van der Waals surface area contributed by atoms with E-state index in [0.29, 0.717) is 47.9 Å². The van der Waals surface area contributed by atoms with E-state index < -0.39 is 0 Å². The highest BCUT2D eigenvalue weighted by atomic mass is 19.1. The van der Waals surface area contributed by atoms with Gasteiger partial charge in [-0.25, -0.2) is 8.78 Å². The largest absolute Gasteiger partial charge is 0.360 e. The van der Waals surface area contributed by atoms with Crippen molar-refractivity contribution in [2.24, 2.45) is 7.05 Å². The summed E-state index contributed by atoms with van der Waals surface area (Å²) in [7, 11) is 1.74. The van der Waals surface area contributed by atoms with E-state index in [-0.39, 0.29) is 17.5 Å². The summed E-state index contributed by atoms with van der Waals surface area (Å²) >= 11 is 0. The summed E-state index contributed by atoms with van der Waals surface area (Å²) in [4.78, 5) is 14.8. The molecule has 0 atom stereocenters. The second-order valence-electron chi connectivity index (χ2n) is 7.47. The van der Waals surface area contributed by atoms with E-state index in [0.717, 1.165) is 11.1 Å². The number of fused-ring (bicyclic) bond motifs is 1. The van der Waals surface area contributed by atoms with E-state index in [4.69, 9.17) is 4.52 Å². The van der Waals surface area contributed by atoms with Crippen molar-refractivity contribution in [1.29, 1.82) is 0 Å². The van der Waals surface area contributed by atoms with Crippen LogP contribution in [-0.2, 0) is 20.0 Å². The van der Waals surface area contributed by atoms with E-state index in [1.165, 1.54) is 24.3 Å². The Morgan fingerprint density at radius 2 is 1.84 bits per heavy atom. The third-order valence-electron chi connectivity index (χ3n) is 5.45. The van der Waals surface area contributed by atoms with Gasteiger partial charge in [-0.2, -0.15) is 5.10 Å². The molecular formula is C23H18F2N4O2. The minimum atomic E-state index is -0.361. The van der Waals surface area contributed by atoms with E-state index in [1.807, 2.05) is 0 Å². The van der Waals surface area contributed by atoms with Crippen LogP contribution in [0.25, 0.3) is 22.5 Å². The lowest BCUT2D eigenvalue weighted by molar-refractivity contribution is 0.0722. The van der Waals surface area contributed by atoms with Crippen LogP contribution in [-0.4, -0.2) is 32.3 Å². The van der Waals surface area contributed by atoms with Crippen molar-refractivity contribution in [3.8, 4) is 22.5 Å². The molecule has 4 aromatic rings. The maximum atomic E-state index is 13.7. The van der Waals surface area contributed by atoms with Gasteiger partial charge in [0.05, 0.1) is 12.2 Å². The second kappa shape index (κ2) is 7.46. The van der Waals surface area contributed by atoms with Gasteiger partial charge in [0.1, 0.15) is 23.1 Å². The molecule has 0 bridgehead atoms. The van der Waals surface area contributed by atoms with Crippen molar-refractivity contribution >= 4 is 5.91 Å². The molecule has 5 rings (SSSR count). The molecular weight excluding hydrogens is 402 g/mol. The first-order valence-electron chi connectivity index (χ1n) is 9.82. The fourth-order valence-electron chi connectivity index (χ4n) is 3.87. The fraction of sp³-hybridized carbons (Fsp3) is 0.174. The summed E-state index contributed by atoms with van der Waals surface area (Å²) in [6.45, 7) is 0.762. The Morgan fingerprint density at radius 1 is 1.03 bits per heavy atom. The maximum Gasteiger partial charge on any atom is 0.274 e. The Hall–Kier alpha value is -3.81. The number of halogens is 2. The molecule has 0 N–H and O–H groups in total. The minimum Gasteiger partial charge on any atom is -0.360 e. The monoisotopic (exact) mass is 420 g/mol. The molecule has 1 aliphatic heterocycles. The van der Waals surface area contributed by atoms with Gasteiger partial charge in [0.25, 0.3) is 5.91 Å². The van der Waals surface area contributed by atoms with Crippen molar-refractivity contribution in [2.45, 2.75) is 13.0 Å². The van der Waals surface area contributed by atoms with Crippen molar-refractivity contribution in [1.82, 2.24) is 19.8 Å². The number of rotatable bonds is 3. The van der Waals surface area contributed by atoms with E-state index in [1.54, 1.807) is 47.0 Å². The lowest BCUT2D eigenvalue weighted by Gasteiger charge is -2.25. The minimum absolute atomic E-state index is 0.221. The highest BCUT2D eigenvalue weighted by Gasteiger charge is 2.29. The molecule has 0 radical (unpaired) electrons. The van der Waals surface area contributed by atoms with Crippen molar-refractivity contribution in [3.05, 3.63) is 83.2 Å². The van der Waals surface area contributed by atoms with Gasteiger partial charge < -0.3 is 9.42 Å². The van der Waals surface area contributed by atoms with Gasteiger partial charge in [0.15, 0.2) is 5.69 Å². The van der Waals surface area contributed by atoms with Gasteiger partial charge in [-0.3, -0.25) is 9.48 Å². The Labute approximate surface area is 176 Å². The zero-order valence-corrected chi connectivity index (χ0v) is 16.7. The average molecular weight is 420 g/mol. The third kappa shape index (κ3) is 3.50. The van der Waals surface area contributed by atoms with Gasteiger partial charge in [-0.15, -0.1) is 0 Å². The molecule has 0 unspecified atom stereocenters. The first kappa shape index (κ1) is 19.2. The molecule has 0 fully saturated rings. The molecule has 1 amide bonds. The number of aryl methyl sites for hydroxylation is 1. The SMILES string of the molecule is Cn1nc(C(=O)N2CCc3onc(-c4cccc(F)c4)c3C2)cc1-c1ccc(F)cc1. The Morgan fingerprint density at radius 3 is 2.61 bits per heavy atom. The third-order valence-corrected chi connectivity index (χ3v) is 5.45. The molecule has 2 aromatic heterocycles. The molecule has 0 spiro atoms. The van der Waals surface area contributed by atoms with Crippen molar-refractivity contribution < 1.29 is 18.1 Å². The van der Waals surface area contributed by atoms with Crippen LogP contribution in [0.4, 0.5) is 8.78 Å². The average Bonchev–Trinajstić information content (AvgIpc) is 3.37. The highest BCUT2D eigenvalue weighted by molar-refractivity contribution is 5.93. The van der Waals surface area contributed by atoms with Crippen LogP contribution >= 0.6 is 0 Å². The van der Waals surface area contributed by atoms with Crippen LogP contribution < -0.4 is 0 Å². The Bertz CT molecular complexity index is 1280. The first-order chi connectivity index (χ1) is 15.0. The molecule has 0 saturated carbocycles. The summed E-state index contributed by atoms with van der Waals surface area (Å²) in [5, 5.41) is 8.47. The molecule has 6 nitrogen and oxygen atoms in total. The molecule has 31 heavy (non-hydrogen) atoms. The van der Waals surface area contributed by atoms with Crippen LogP contribution in [0, 0.1) is 11.6 Å². The first-order valence-corrected chi connectivity index (χ1v) is 9.82. The number of hydrogen-bond donors (Lipinski definition) is 0. The fourth-order valence-corrected chi connectivity index (χ4v) is 3.87. The Kier molecular flexibility index (Phi) is 4.62. The molecule has 8 heteroatoms. The van der Waals surface area contributed by atoms with Crippen molar-refractivity contribution in [2.75, 3.05) is 6.54 Å². The van der Waals surface area contributed by atoms with Gasteiger partial charge in [-0.1, -0.05) is 17.3 Å². The topological polar surface area (TPSA) is 64.2 Å². The summed E-state index contributed by atoms with van der Waals surface area (Å²) in [6.07, 6.45) is 0.515.